The van der Waals surface area contributed by atoms with E-state index in [1.165, 1.54) is 10.5 Å². The highest BCUT2D eigenvalue weighted by molar-refractivity contribution is 9.10. The number of para-hydroxylation sites is 1. The molecule has 4 heteroatoms. The molecule has 0 radical (unpaired) electrons. The number of nitrogens with one attached hydrogen (secondary N) is 1. The Morgan fingerprint density at radius 1 is 1.29 bits per heavy atom. The van der Waals surface area contributed by atoms with Crippen LogP contribution in [0.15, 0.2) is 57.9 Å². The average molecular weight is 364 g/mol. The number of hydrogen-bond donors (Lipinski definition) is 1. The van der Waals surface area contributed by atoms with Crippen LogP contribution in [0.25, 0.3) is 0 Å². The van der Waals surface area contributed by atoms with E-state index in [9.17, 15) is 0 Å². The molecule has 0 spiro atoms. The lowest BCUT2D eigenvalue weighted by atomic mass is 10.0. The molecule has 0 amide bonds. The van der Waals surface area contributed by atoms with Crippen molar-refractivity contribution in [3.63, 3.8) is 0 Å². The second-order valence-electron chi connectivity index (χ2n) is 5.14. The van der Waals surface area contributed by atoms with Gasteiger partial charge in [-0.15, -0.1) is 11.8 Å². The number of halogens is 1. The van der Waals surface area contributed by atoms with Crippen molar-refractivity contribution in [3.8, 4) is 5.75 Å². The summed E-state index contributed by atoms with van der Waals surface area (Å²) in [5, 5.41) is 3.42. The van der Waals surface area contributed by atoms with Crippen molar-refractivity contribution in [3.05, 3.63) is 58.6 Å². The molecule has 2 aromatic rings. The van der Waals surface area contributed by atoms with Gasteiger partial charge in [-0.1, -0.05) is 40.2 Å². The molecule has 0 fully saturated rings. The number of hydrogen-bond acceptors (Lipinski definition) is 3. The van der Waals surface area contributed by atoms with Crippen LogP contribution in [0.5, 0.6) is 5.75 Å². The van der Waals surface area contributed by atoms with Gasteiger partial charge in [-0.2, -0.15) is 0 Å². The first kappa shape index (κ1) is 14.9. The van der Waals surface area contributed by atoms with Crippen molar-refractivity contribution in [1.29, 1.82) is 0 Å². The Kier molecular flexibility index (Phi) is 4.88. The topological polar surface area (TPSA) is 21.3 Å². The van der Waals surface area contributed by atoms with Gasteiger partial charge in [0.15, 0.2) is 0 Å². The molecule has 2 nitrogen and oxygen atoms in total. The molecule has 1 N–H and O–H groups in total. The van der Waals surface area contributed by atoms with Crippen molar-refractivity contribution in [2.75, 3.05) is 12.8 Å². The van der Waals surface area contributed by atoms with E-state index in [0.717, 1.165) is 22.4 Å². The molecule has 3 rings (SSSR count). The molecule has 2 aromatic carbocycles. The van der Waals surface area contributed by atoms with Crippen molar-refractivity contribution >= 4 is 27.7 Å². The Bertz CT molecular complexity index is 619. The highest BCUT2D eigenvalue weighted by atomic mass is 79.9. The monoisotopic (exact) mass is 363 g/mol. The van der Waals surface area contributed by atoms with Crippen LogP contribution in [0, 0.1) is 0 Å². The standard InChI is InChI=1S/C17H18BrNOS/c1-19-14(10-12-5-4-6-13(18)9-12)16-11-21-17-8-3-2-7-15(17)20-16/h2-9,14,16,19H,10-11H2,1H3. The molecule has 0 bridgehead atoms. The van der Waals surface area contributed by atoms with Gasteiger partial charge in [-0.25, -0.2) is 0 Å². The summed E-state index contributed by atoms with van der Waals surface area (Å²) in [6.07, 6.45) is 1.15. The summed E-state index contributed by atoms with van der Waals surface area (Å²) in [5.74, 6) is 1.99. The smallest absolute Gasteiger partial charge is 0.133 e. The van der Waals surface area contributed by atoms with E-state index < -0.39 is 0 Å². The largest absolute Gasteiger partial charge is 0.487 e. The predicted octanol–water partition coefficient (Wildman–Crippen LogP) is 4.13. The molecule has 0 aliphatic carbocycles. The van der Waals surface area contributed by atoms with Gasteiger partial charge in [-0.05, 0) is 43.3 Å². The van der Waals surface area contributed by atoms with Gasteiger partial charge in [-0.3, -0.25) is 0 Å². The fourth-order valence-corrected chi connectivity index (χ4v) is 4.10. The van der Waals surface area contributed by atoms with Crippen LogP contribution >= 0.6 is 27.7 Å². The van der Waals surface area contributed by atoms with Crippen LogP contribution in [-0.4, -0.2) is 24.9 Å². The van der Waals surface area contributed by atoms with Crippen LogP contribution in [0.2, 0.25) is 0 Å². The average Bonchev–Trinajstić information content (AvgIpc) is 2.52. The van der Waals surface area contributed by atoms with Gasteiger partial charge < -0.3 is 10.1 Å². The highest BCUT2D eigenvalue weighted by Gasteiger charge is 2.27. The van der Waals surface area contributed by atoms with Crippen LogP contribution in [0.4, 0.5) is 0 Å². The summed E-state index contributed by atoms with van der Waals surface area (Å²) in [7, 11) is 2.01. The van der Waals surface area contributed by atoms with Crippen LogP contribution in [0.1, 0.15) is 5.56 Å². The fourth-order valence-electron chi connectivity index (χ4n) is 2.57. The second-order valence-corrected chi connectivity index (χ2v) is 7.12. The van der Waals surface area contributed by atoms with Gasteiger partial charge >= 0.3 is 0 Å². The van der Waals surface area contributed by atoms with Crippen molar-refractivity contribution in [2.45, 2.75) is 23.5 Å². The third kappa shape index (κ3) is 3.62. The normalized spacial score (nSPS) is 18.7. The molecule has 1 heterocycles. The zero-order chi connectivity index (χ0) is 14.7. The summed E-state index contributed by atoms with van der Waals surface area (Å²) < 4.78 is 7.32. The zero-order valence-electron chi connectivity index (χ0n) is 11.9. The first-order valence-electron chi connectivity index (χ1n) is 7.06. The summed E-state index contributed by atoms with van der Waals surface area (Å²) in [6.45, 7) is 0. The van der Waals surface area contributed by atoms with Gasteiger partial charge in [0.25, 0.3) is 0 Å². The molecule has 1 aliphatic heterocycles. The zero-order valence-corrected chi connectivity index (χ0v) is 14.3. The molecule has 0 aromatic heterocycles. The SMILES string of the molecule is CNC(Cc1cccc(Br)c1)C1CSc2ccccc2O1. The summed E-state index contributed by atoms with van der Waals surface area (Å²) in [6, 6.07) is 17.1. The Morgan fingerprint density at radius 3 is 2.95 bits per heavy atom. The third-order valence-corrected chi connectivity index (χ3v) is 5.33. The summed E-state index contributed by atoms with van der Waals surface area (Å²) in [4.78, 5) is 1.24. The quantitative estimate of drug-likeness (QED) is 0.881. The molecule has 0 saturated carbocycles. The maximum atomic E-state index is 6.19. The van der Waals surface area contributed by atoms with E-state index in [2.05, 4.69) is 63.7 Å². The lowest BCUT2D eigenvalue weighted by molar-refractivity contribution is 0.169. The lowest BCUT2D eigenvalue weighted by Crippen LogP contribution is -2.45. The number of ether oxygens (including phenoxy) is 1. The molecular weight excluding hydrogens is 346 g/mol. The van der Waals surface area contributed by atoms with E-state index in [4.69, 9.17) is 4.74 Å². The van der Waals surface area contributed by atoms with Gasteiger partial charge in [0.1, 0.15) is 11.9 Å². The minimum atomic E-state index is 0.189. The number of fused-ring (bicyclic) bond motifs is 1. The number of likely N-dealkylation sites (N-methyl/N-ethyl adjacent to an activating group) is 1. The fraction of sp³-hybridized carbons (Fsp3) is 0.294. The number of thioether (sulfide) groups is 1. The maximum absolute atomic E-state index is 6.19. The molecular formula is C17H18BrNOS. The Labute approximate surface area is 138 Å². The molecule has 0 saturated heterocycles. The second kappa shape index (κ2) is 6.86. The Balaban J connectivity index is 1.73. The van der Waals surface area contributed by atoms with Crippen molar-refractivity contribution in [2.24, 2.45) is 0 Å². The minimum Gasteiger partial charge on any atom is -0.487 e. The number of benzene rings is 2. The Hall–Kier alpha value is -0.970. The first-order chi connectivity index (χ1) is 10.3. The maximum Gasteiger partial charge on any atom is 0.133 e. The molecule has 110 valence electrons. The highest BCUT2D eigenvalue weighted by Crippen LogP contribution is 2.36. The third-order valence-electron chi connectivity index (χ3n) is 3.69. The van der Waals surface area contributed by atoms with E-state index in [-0.39, 0.29) is 6.10 Å². The number of rotatable bonds is 4. The van der Waals surface area contributed by atoms with Gasteiger partial charge in [0, 0.05) is 21.2 Å². The minimum absolute atomic E-state index is 0.189. The van der Waals surface area contributed by atoms with Crippen LogP contribution < -0.4 is 10.1 Å². The van der Waals surface area contributed by atoms with E-state index >= 15 is 0 Å². The molecule has 2 atom stereocenters. The van der Waals surface area contributed by atoms with Crippen molar-refractivity contribution < 1.29 is 4.74 Å². The van der Waals surface area contributed by atoms with Crippen molar-refractivity contribution in [1.82, 2.24) is 5.32 Å². The Morgan fingerprint density at radius 2 is 2.14 bits per heavy atom. The van der Waals surface area contributed by atoms with E-state index in [1.807, 2.05) is 24.9 Å². The van der Waals surface area contributed by atoms with Crippen LogP contribution in [-0.2, 0) is 6.42 Å². The summed E-state index contributed by atoms with van der Waals surface area (Å²) >= 11 is 5.42. The van der Waals surface area contributed by atoms with E-state index in [1.54, 1.807) is 0 Å². The molecule has 21 heavy (non-hydrogen) atoms. The first-order valence-corrected chi connectivity index (χ1v) is 8.84. The molecule has 2 unspecified atom stereocenters. The predicted molar refractivity (Wildman–Crippen MR) is 92.3 cm³/mol. The summed E-state index contributed by atoms with van der Waals surface area (Å²) in [5.41, 5.74) is 1.32. The van der Waals surface area contributed by atoms with E-state index in [0.29, 0.717) is 6.04 Å². The lowest BCUT2D eigenvalue weighted by Gasteiger charge is -2.31. The van der Waals surface area contributed by atoms with Crippen LogP contribution in [0.3, 0.4) is 0 Å². The van der Waals surface area contributed by atoms with Gasteiger partial charge in [0.2, 0.25) is 0 Å². The van der Waals surface area contributed by atoms with Gasteiger partial charge in [0.05, 0.1) is 0 Å². The molecule has 1 aliphatic rings.